The van der Waals surface area contributed by atoms with Crippen molar-refractivity contribution in [3.05, 3.63) is 65.4 Å². The third-order valence-corrected chi connectivity index (χ3v) is 6.03. The molecule has 0 aliphatic rings. The minimum Gasteiger partial charge on any atom is -0.495 e. The van der Waals surface area contributed by atoms with Crippen LogP contribution in [0.2, 0.25) is 0 Å². The number of esters is 1. The van der Waals surface area contributed by atoms with Gasteiger partial charge in [-0.25, -0.2) is 9.37 Å². The molecule has 6 nitrogen and oxygen atoms in total. The molecule has 9 heteroatoms. The van der Waals surface area contributed by atoms with E-state index in [0.717, 1.165) is 4.90 Å². The van der Waals surface area contributed by atoms with E-state index in [1.165, 1.54) is 54.2 Å². The van der Waals surface area contributed by atoms with Crippen molar-refractivity contribution in [1.82, 2.24) is 4.98 Å². The number of nitrogens with zero attached hydrogens (tertiary/aromatic N) is 2. The van der Waals surface area contributed by atoms with Crippen LogP contribution in [-0.2, 0) is 20.9 Å². The largest absolute Gasteiger partial charge is 0.495 e. The molecule has 1 heterocycles. The van der Waals surface area contributed by atoms with Crippen molar-refractivity contribution in [2.45, 2.75) is 24.8 Å². The zero-order valence-corrected chi connectivity index (χ0v) is 18.7. The maximum atomic E-state index is 12.9. The van der Waals surface area contributed by atoms with Gasteiger partial charge in [-0.15, -0.1) is 23.1 Å². The molecule has 0 radical (unpaired) electrons. The summed E-state index contributed by atoms with van der Waals surface area (Å²) in [5.41, 5.74) is 1.15. The first kappa shape index (κ1) is 22.8. The number of benzene rings is 2. The van der Waals surface area contributed by atoms with E-state index in [0.29, 0.717) is 28.0 Å². The third-order valence-electron chi connectivity index (χ3n) is 4.14. The number of methoxy groups -OCH3 is 1. The standard InChI is InChI=1S/C22H21FN2O4S2/c1-15(26)25(19-5-3-4-6-20(19)28-2)22-24-17(14-31-22)13-29-21(27)11-12-30-18-9-7-16(23)8-10-18/h3-10,14H,11-13H2,1-2H3. The summed E-state index contributed by atoms with van der Waals surface area (Å²) in [6.07, 6.45) is 0.222. The Labute approximate surface area is 188 Å². The van der Waals surface area contributed by atoms with E-state index >= 15 is 0 Å². The minimum absolute atomic E-state index is 0.0220. The first-order valence-corrected chi connectivity index (χ1v) is 11.3. The van der Waals surface area contributed by atoms with Gasteiger partial charge in [0.2, 0.25) is 5.91 Å². The number of para-hydroxylation sites is 2. The number of amides is 1. The Balaban J connectivity index is 1.55. The summed E-state index contributed by atoms with van der Waals surface area (Å²) < 4.78 is 23.6. The summed E-state index contributed by atoms with van der Waals surface area (Å²) in [6.45, 7) is 1.47. The quantitative estimate of drug-likeness (QED) is 0.323. The van der Waals surface area contributed by atoms with E-state index in [1.807, 2.05) is 12.1 Å². The number of thioether (sulfide) groups is 1. The molecule has 0 N–H and O–H groups in total. The second kappa shape index (κ2) is 10.9. The summed E-state index contributed by atoms with van der Waals surface area (Å²) >= 11 is 2.73. The van der Waals surface area contributed by atoms with Crippen LogP contribution >= 0.6 is 23.1 Å². The smallest absolute Gasteiger partial charge is 0.307 e. The van der Waals surface area contributed by atoms with Crippen LogP contribution in [0.3, 0.4) is 0 Å². The molecule has 0 unspecified atom stereocenters. The van der Waals surface area contributed by atoms with Crippen LogP contribution in [0, 0.1) is 5.82 Å². The fourth-order valence-corrected chi connectivity index (χ4v) is 4.39. The molecule has 0 atom stereocenters. The Morgan fingerprint density at radius 2 is 1.90 bits per heavy atom. The number of carbonyl (C=O) groups excluding carboxylic acids is 2. The first-order chi connectivity index (χ1) is 15.0. The zero-order valence-electron chi connectivity index (χ0n) is 17.0. The van der Waals surface area contributed by atoms with Gasteiger partial charge in [0.05, 0.1) is 24.9 Å². The van der Waals surface area contributed by atoms with E-state index in [-0.39, 0.29) is 30.7 Å². The molecule has 0 saturated carbocycles. The van der Waals surface area contributed by atoms with Crippen LogP contribution in [0.4, 0.5) is 15.2 Å². The molecular weight excluding hydrogens is 439 g/mol. The summed E-state index contributed by atoms with van der Waals surface area (Å²) in [4.78, 5) is 31.1. The topological polar surface area (TPSA) is 68.7 Å². The molecule has 3 aromatic rings. The Bertz CT molecular complexity index is 1040. The minimum atomic E-state index is -0.350. The second-order valence-electron chi connectivity index (χ2n) is 6.36. The number of halogens is 1. The van der Waals surface area contributed by atoms with Crippen molar-refractivity contribution in [3.63, 3.8) is 0 Å². The van der Waals surface area contributed by atoms with E-state index in [1.54, 1.807) is 29.6 Å². The Morgan fingerprint density at radius 3 is 2.61 bits per heavy atom. The van der Waals surface area contributed by atoms with E-state index in [9.17, 15) is 14.0 Å². The fraction of sp³-hybridized carbons (Fsp3) is 0.227. The van der Waals surface area contributed by atoms with Crippen molar-refractivity contribution in [3.8, 4) is 5.75 Å². The van der Waals surface area contributed by atoms with E-state index in [2.05, 4.69) is 4.98 Å². The van der Waals surface area contributed by atoms with Gasteiger partial charge in [-0.1, -0.05) is 12.1 Å². The lowest BCUT2D eigenvalue weighted by Gasteiger charge is -2.20. The average molecular weight is 461 g/mol. The van der Waals surface area contributed by atoms with Gasteiger partial charge in [0, 0.05) is 23.0 Å². The molecule has 1 aromatic heterocycles. The van der Waals surface area contributed by atoms with Crippen molar-refractivity contribution in [2.75, 3.05) is 17.8 Å². The molecule has 0 aliphatic carbocycles. The van der Waals surface area contributed by atoms with Crippen LogP contribution < -0.4 is 9.64 Å². The van der Waals surface area contributed by atoms with E-state index in [4.69, 9.17) is 9.47 Å². The van der Waals surface area contributed by atoms with Gasteiger partial charge in [0.15, 0.2) is 5.13 Å². The number of aromatic nitrogens is 1. The molecule has 2 aromatic carbocycles. The molecule has 162 valence electrons. The Morgan fingerprint density at radius 1 is 1.16 bits per heavy atom. The summed E-state index contributed by atoms with van der Waals surface area (Å²) in [5.74, 6) is 0.233. The van der Waals surface area contributed by atoms with Gasteiger partial charge in [-0.3, -0.25) is 14.5 Å². The highest BCUT2D eigenvalue weighted by Crippen LogP contribution is 2.35. The van der Waals surface area contributed by atoms with Crippen molar-refractivity contribution in [1.29, 1.82) is 0 Å². The van der Waals surface area contributed by atoms with Gasteiger partial charge < -0.3 is 9.47 Å². The second-order valence-corrected chi connectivity index (χ2v) is 8.37. The van der Waals surface area contributed by atoms with Crippen LogP contribution in [0.15, 0.2) is 58.8 Å². The van der Waals surface area contributed by atoms with Crippen molar-refractivity contribution in [2.24, 2.45) is 0 Å². The Kier molecular flexibility index (Phi) is 8.02. The van der Waals surface area contributed by atoms with Crippen LogP contribution in [0.1, 0.15) is 19.0 Å². The normalized spacial score (nSPS) is 10.5. The fourth-order valence-electron chi connectivity index (χ4n) is 2.70. The lowest BCUT2D eigenvalue weighted by atomic mass is 10.2. The third kappa shape index (κ3) is 6.28. The van der Waals surface area contributed by atoms with Gasteiger partial charge in [-0.2, -0.15) is 0 Å². The molecule has 1 amide bonds. The molecule has 0 saturated heterocycles. The van der Waals surface area contributed by atoms with Crippen molar-refractivity contribution >= 4 is 45.8 Å². The van der Waals surface area contributed by atoms with Gasteiger partial charge in [-0.05, 0) is 36.4 Å². The molecule has 0 spiro atoms. The maximum absolute atomic E-state index is 12.9. The average Bonchev–Trinajstić information content (AvgIpc) is 3.22. The summed E-state index contributed by atoms with van der Waals surface area (Å²) in [5, 5.41) is 2.22. The number of thiazole rings is 1. The number of carbonyl (C=O) groups is 2. The Hall–Kier alpha value is -2.91. The predicted octanol–water partition coefficient (Wildman–Crippen LogP) is 5.20. The molecule has 0 aliphatic heterocycles. The lowest BCUT2D eigenvalue weighted by molar-refractivity contribution is -0.144. The number of hydrogen-bond acceptors (Lipinski definition) is 7. The summed E-state index contributed by atoms with van der Waals surface area (Å²) in [6, 6.07) is 13.3. The first-order valence-electron chi connectivity index (χ1n) is 9.40. The molecule has 31 heavy (non-hydrogen) atoms. The summed E-state index contributed by atoms with van der Waals surface area (Å²) in [7, 11) is 1.54. The molecule has 0 bridgehead atoms. The van der Waals surface area contributed by atoms with Crippen LogP contribution in [0.5, 0.6) is 5.75 Å². The number of ether oxygens (including phenoxy) is 2. The van der Waals surface area contributed by atoms with E-state index < -0.39 is 0 Å². The molecular formula is C22H21FN2O4S2. The zero-order chi connectivity index (χ0) is 22.2. The number of anilines is 2. The van der Waals surface area contributed by atoms with Gasteiger partial charge >= 0.3 is 5.97 Å². The highest BCUT2D eigenvalue weighted by molar-refractivity contribution is 7.99. The molecule has 3 rings (SSSR count). The van der Waals surface area contributed by atoms with Gasteiger partial charge in [0.1, 0.15) is 18.2 Å². The highest BCUT2D eigenvalue weighted by Gasteiger charge is 2.21. The van der Waals surface area contributed by atoms with Crippen LogP contribution in [0.25, 0.3) is 0 Å². The van der Waals surface area contributed by atoms with Crippen molar-refractivity contribution < 1.29 is 23.5 Å². The predicted molar refractivity (Wildman–Crippen MR) is 119 cm³/mol. The monoisotopic (exact) mass is 460 g/mol. The maximum Gasteiger partial charge on any atom is 0.307 e. The van der Waals surface area contributed by atoms with Crippen LogP contribution in [-0.4, -0.2) is 29.7 Å². The highest BCUT2D eigenvalue weighted by atomic mass is 32.2. The number of hydrogen-bond donors (Lipinski definition) is 0. The number of rotatable bonds is 9. The molecule has 0 fully saturated rings. The van der Waals surface area contributed by atoms with Gasteiger partial charge in [0.25, 0.3) is 0 Å². The SMILES string of the molecule is COc1ccccc1N(C(C)=O)c1nc(COC(=O)CCSc2ccc(F)cc2)cs1. The lowest BCUT2D eigenvalue weighted by Crippen LogP contribution is -2.23.